The van der Waals surface area contributed by atoms with Crippen molar-refractivity contribution in [2.45, 2.75) is 0 Å². The molecule has 0 unspecified atom stereocenters. The van der Waals surface area contributed by atoms with E-state index in [1.54, 1.807) is 0 Å². The van der Waals surface area contributed by atoms with Crippen molar-refractivity contribution in [1.82, 2.24) is 0 Å². The van der Waals surface area contributed by atoms with Crippen molar-refractivity contribution in [2.75, 3.05) is 4.90 Å². The molecule has 12 aromatic rings. The topological polar surface area (TPSA) is 3.24 Å². The minimum Gasteiger partial charge on any atom is -0.310 e. The predicted molar refractivity (Wildman–Crippen MR) is 276 cm³/mol. The van der Waals surface area contributed by atoms with E-state index in [9.17, 15) is 0 Å². The van der Waals surface area contributed by atoms with Crippen LogP contribution in [0.2, 0.25) is 0 Å². The highest BCUT2D eigenvalue weighted by Crippen LogP contribution is 2.49. The lowest BCUT2D eigenvalue weighted by atomic mass is 9.89. The summed E-state index contributed by atoms with van der Waals surface area (Å²) in [4.78, 5) is 2.45. The Morgan fingerprint density at radius 2 is 0.781 bits per heavy atom. The fourth-order valence-electron chi connectivity index (χ4n) is 9.62. The van der Waals surface area contributed by atoms with Gasteiger partial charge in [-0.05, 0) is 120 Å². The molecule has 0 fully saturated rings. The van der Waals surface area contributed by atoms with Gasteiger partial charge in [0.1, 0.15) is 0 Å². The van der Waals surface area contributed by atoms with Gasteiger partial charge >= 0.3 is 0 Å². The lowest BCUT2D eigenvalue weighted by Crippen LogP contribution is -2.10. The smallest absolute Gasteiger partial charge is 0.0555 e. The summed E-state index contributed by atoms with van der Waals surface area (Å²) in [5.41, 5.74) is 15.5. The molecule has 1 aromatic heterocycles. The van der Waals surface area contributed by atoms with Gasteiger partial charge in [-0.1, -0.05) is 206 Å². The van der Waals surface area contributed by atoms with Crippen LogP contribution in [0.15, 0.2) is 249 Å². The summed E-state index contributed by atoms with van der Waals surface area (Å²) in [6.07, 6.45) is 0. The Bertz CT molecular complexity index is 3650. The van der Waals surface area contributed by atoms with Gasteiger partial charge in [-0.15, -0.1) is 11.3 Å². The third-order valence-corrected chi connectivity index (χ3v) is 13.9. The van der Waals surface area contributed by atoms with Crippen LogP contribution in [-0.4, -0.2) is 0 Å². The molecule has 0 saturated carbocycles. The van der Waals surface area contributed by atoms with E-state index in [-0.39, 0.29) is 0 Å². The van der Waals surface area contributed by atoms with Crippen molar-refractivity contribution in [3.8, 4) is 55.6 Å². The van der Waals surface area contributed by atoms with Gasteiger partial charge in [0, 0.05) is 31.5 Å². The fraction of sp³-hybridized carbons (Fsp3) is 0. The van der Waals surface area contributed by atoms with Crippen LogP contribution in [0.1, 0.15) is 0 Å². The third kappa shape index (κ3) is 6.64. The number of nitrogens with zero attached hydrogens (tertiary/aromatic N) is 1. The van der Waals surface area contributed by atoms with Crippen LogP contribution in [-0.2, 0) is 0 Å². The molecular weight excluding hydrogens is 791 g/mol. The summed E-state index contributed by atoms with van der Waals surface area (Å²) in [6, 6.07) is 90.9. The largest absolute Gasteiger partial charge is 0.310 e. The van der Waals surface area contributed by atoms with E-state index >= 15 is 0 Å². The molecule has 0 radical (unpaired) electrons. The highest BCUT2D eigenvalue weighted by Gasteiger charge is 2.22. The van der Waals surface area contributed by atoms with Gasteiger partial charge in [-0.2, -0.15) is 0 Å². The number of hydrogen-bond donors (Lipinski definition) is 0. The second-order valence-electron chi connectivity index (χ2n) is 16.4. The Hall–Kier alpha value is -8.04. The molecule has 0 aliphatic heterocycles. The van der Waals surface area contributed by atoms with Crippen LogP contribution in [0.25, 0.3) is 97.4 Å². The van der Waals surface area contributed by atoms with E-state index in [0.717, 1.165) is 17.1 Å². The zero-order chi connectivity index (χ0) is 42.4. The molecule has 12 rings (SSSR count). The molecular formula is C62H41NS. The minimum atomic E-state index is 1.10. The van der Waals surface area contributed by atoms with Crippen LogP contribution in [0, 0.1) is 0 Å². The number of benzene rings is 11. The molecule has 1 nitrogen and oxygen atoms in total. The maximum absolute atomic E-state index is 2.45. The van der Waals surface area contributed by atoms with E-state index in [1.807, 2.05) is 11.3 Å². The third-order valence-electron chi connectivity index (χ3n) is 12.7. The fourth-order valence-corrected chi connectivity index (χ4v) is 10.9. The van der Waals surface area contributed by atoms with Gasteiger partial charge in [-0.3, -0.25) is 0 Å². The predicted octanol–water partition coefficient (Wildman–Crippen LogP) is 18.2. The first-order valence-electron chi connectivity index (χ1n) is 21.9. The van der Waals surface area contributed by atoms with Crippen molar-refractivity contribution >= 4 is 70.1 Å². The Morgan fingerprint density at radius 1 is 0.281 bits per heavy atom. The van der Waals surface area contributed by atoms with Crippen LogP contribution >= 0.6 is 11.3 Å². The van der Waals surface area contributed by atoms with E-state index in [4.69, 9.17) is 0 Å². The van der Waals surface area contributed by atoms with Crippen LogP contribution in [0.3, 0.4) is 0 Å². The normalized spacial score (nSPS) is 11.4. The zero-order valence-electron chi connectivity index (χ0n) is 35.0. The number of thiophene rings is 1. The Kier molecular flexibility index (Phi) is 9.43. The molecule has 2 heteroatoms. The minimum absolute atomic E-state index is 1.10. The Morgan fingerprint density at radius 3 is 1.50 bits per heavy atom. The second kappa shape index (κ2) is 16.0. The zero-order valence-corrected chi connectivity index (χ0v) is 35.8. The standard InChI is InChI=1S/C62H41NS/c1-2-16-44(17-3-1)55-39-40-59(61-58-26-12-13-28-60(58)64-62(55)61)63(49-35-31-45(32-36-49)52-27-14-20-43-18-6-7-21-51(43)52)50-37-33-46(34-38-50)53-22-8-10-24-56(53)57-25-11-9-23-54(57)48-30-29-42-15-4-5-19-47(42)41-48/h1-41H. The van der Waals surface area contributed by atoms with Crippen molar-refractivity contribution in [3.63, 3.8) is 0 Å². The summed E-state index contributed by atoms with van der Waals surface area (Å²) in [6.45, 7) is 0. The maximum atomic E-state index is 2.45. The Labute approximate surface area is 377 Å². The van der Waals surface area contributed by atoms with Crippen LogP contribution < -0.4 is 4.90 Å². The van der Waals surface area contributed by atoms with E-state index in [2.05, 4.69) is 254 Å². The van der Waals surface area contributed by atoms with Crippen LogP contribution in [0.4, 0.5) is 17.1 Å². The molecule has 0 aliphatic rings. The summed E-state index contributed by atoms with van der Waals surface area (Å²) in [7, 11) is 0. The van der Waals surface area contributed by atoms with E-state index in [1.165, 1.54) is 97.4 Å². The molecule has 0 atom stereocenters. The van der Waals surface area contributed by atoms with Gasteiger partial charge in [0.25, 0.3) is 0 Å². The molecule has 0 spiro atoms. The number of rotatable bonds is 8. The molecule has 0 aliphatic carbocycles. The lowest BCUT2D eigenvalue weighted by Gasteiger charge is -2.27. The van der Waals surface area contributed by atoms with Crippen molar-refractivity contribution in [1.29, 1.82) is 0 Å². The maximum Gasteiger partial charge on any atom is 0.0555 e. The molecule has 0 N–H and O–H groups in total. The number of fused-ring (bicyclic) bond motifs is 5. The van der Waals surface area contributed by atoms with Gasteiger partial charge in [0.15, 0.2) is 0 Å². The van der Waals surface area contributed by atoms with Gasteiger partial charge in [0.05, 0.1) is 5.69 Å². The van der Waals surface area contributed by atoms with E-state index < -0.39 is 0 Å². The van der Waals surface area contributed by atoms with Crippen molar-refractivity contribution in [3.05, 3.63) is 249 Å². The molecule has 0 amide bonds. The van der Waals surface area contributed by atoms with E-state index in [0.29, 0.717) is 0 Å². The summed E-state index contributed by atoms with van der Waals surface area (Å²) in [5, 5.41) is 7.53. The van der Waals surface area contributed by atoms with Gasteiger partial charge < -0.3 is 4.90 Å². The molecule has 0 saturated heterocycles. The quantitative estimate of drug-likeness (QED) is 0.147. The second-order valence-corrected chi connectivity index (χ2v) is 17.5. The van der Waals surface area contributed by atoms with Crippen molar-refractivity contribution in [2.24, 2.45) is 0 Å². The number of anilines is 3. The van der Waals surface area contributed by atoms with Crippen LogP contribution in [0.5, 0.6) is 0 Å². The first-order chi connectivity index (χ1) is 31.7. The number of hydrogen-bond acceptors (Lipinski definition) is 2. The average Bonchev–Trinajstić information content (AvgIpc) is 3.77. The lowest BCUT2D eigenvalue weighted by molar-refractivity contribution is 1.30. The molecule has 0 bridgehead atoms. The Balaban J connectivity index is 1.01. The molecule has 11 aromatic carbocycles. The monoisotopic (exact) mass is 831 g/mol. The average molecular weight is 832 g/mol. The molecule has 64 heavy (non-hydrogen) atoms. The SMILES string of the molecule is c1ccc(-c2ccc(N(c3ccc(-c4ccccc4-c4ccccc4-c4ccc5ccccc5c4)cc3)c3ccc(-c4cccc5ccccc45)cc3)c3c2sc2ccccc23)cc1. The van der Waals surface area contributed by atoms with Gasteiger partial charge in [-0.25, -0.2) is 0 Å². The first kappa shape index (κ1) is 37.7. The van der Waals surface area contributed by atoms with Crippen molar-refractivity contribution < 1.29 is 0 Å². The first-order valence-corrected chi connectivity index (χ1v) is 22.7. The molecule has 300 valence electrons. The highest BCUT2D eigenvalue weighted by molar-refractivity contribution is 7.26. The highest BCUT2D eigenvalue weighted by atomic mass is 32.1. The molecule has 1 heterocycles. The summed E-state index contributed by atoms with van der Waals surface area (Å²) >= 11 is 1.88. The van der Waals surface area contributed by atoms with Gasteiger partial charge in [0.2, 0.25) is 0 Å². The summed E-state index contributed by atoms with van der Waals surface area (Å²) in [5.74, 6) is 0. The summed E-state index contributed by atoms with van der Waals surface area (Å²) < 4.78 is 2.57.